The van der Waals surface area contributed by atoms with Crippen LogP contribution in [0.2, 0.25) is 0 Å². The zero-order chi connectivity index (χ0) is 17.2. The highest BCUT2D eigenvalue weighted by molar-refractivity contribution is 7.89. The third-order valence-corrected chi connectivity index (χ3v) is 4.50. The molecule has 0 unspecified atom stereocenters. The zero-order valence-electron chi connectivity index (χ0n) is 13.1. The molecule has 0 spiro atoms. The van der Waals surface area contributed by atoms with Crippen LogP contribution >= 0.6 is 0 Å². The first-order valence-corrected chi connectivity index (χ1v) is 8.97. The molecule has 2 heterocycles. The molecule has 3 rings (SSSR count). The van der Waals surface area contributed by atoms with Crippen LogP contribution in [0, 0.1) is 0 Å². The average molecular weight is 343 g/mol. The molecule has 0 radical (unpaired) electrons. The van der Waals surface area contributed by atoms with Crippen molar-refractivity contribution in [1.82, 2.24) is 19.5 Å². The lowest BCUT2D eigenvalue weighted by atomic mass is 10.2. The Labute approximate surface area is 140 Å². The Bertz CT molecular complexity index is 949. The number of rotatable bonds is 5. The summed E-state index contributed by atoms with van der Waals surface area (Å²) in [5, 5.41) is 5.11. The van der Waals surface area contributed by atoms with Gasteiger partial charge in [0, 0.05) is 31.6 Å². The second-order valence-electron chi connectivity index (χ2n) is 5.28. The average Bonchev–Trinajstić information content (AvgIpc) is 3.03. The van der Waals surface area contributed by atoms with Gasteiger partial charge in [-0.25, -0.2) is 28.5 Å². The number of sulfonamides is 1. The Balaban J connectivity index is 1.88. The largest absolute Gasteiger partial charge is 0.325 e. The summed E-state index contributed by atoms with van der Waals surface area (Å²) in [5.74, 6) is 1.50. The summed E-state index contributed by atoms with van der Waals surface area (Å²) >= 11 is 0. The number of imidazole rings is 1. The number of benzene rings is 1. The van der Waals surface area contributed by atoms with Crippen molar-refractivity contribution in [2.75, 3.05) is 0 Å². The molecule has 3 aromatic rings. The van der Waals surface area contributed by atoms with Crippen molar-refractivity contribution in [2.24, 2.45) is 5.14 Å². The van der Waals surface area contributed by atoms with Gasteiger partial charge in [-0.2, -0.15) is 0 Å². The van der Waals surface area contributed by atoms with Crippen LogP contribution in [0.3, 0.4) is 0 Å². The van der Waals surface area contributed by atoms with Crippen molar-refractivity contribution in [3.63, 3.8) is 0 Å². The number of aryl methyl sites for hydroxylation is 1. The van der Waals surface area contributed by atoms with Gasteiger partial charge in [0.2, 0.25) is 10.0 Å². The summed E-state index contributed by atoms with van der Waals surface area (Å²) in [7, 11) is -3.68. The van der Waals surface area contributed by atoms with Crippen LogP contribution in [0.4, 0.5) is 0 Å². The van der Waals surface area contributed by atoms with Crippen molar-refractivity contribution in [2.45, 2.75) is 24.8 Å². The van der Waals surface area contributed by atoms with Gasteiger partial charge in [0.25, 0.3) is 0 Å². The quantitative estimate of drug-likeness (QED) is 0.758. The second kappa shape index (κ2) is 6.50. The number of hydrogen-bond donors (Lipinski definition) is 1. The minimum absolute atomic E-state index is 0.0977. The van der Waals surface area contributed by atoms with Gasteiger partial charge in [-0.3, -0.25) is 0 Å². The van der Waals surface area contributed by atoms with Crippen LogP contribution in [-0.2, 0) is 23.0 Å². The molecule has 0 aliphatic heterocycles. The number of hydrogen-bond acceptors (Lipinski definition) is 5. The Morgan fingerprint density at radius 1 is 1.08 bits per heavy atom. The van der Waals surface area contributed by atoms with E-state index < -0.39 is 10.0 Å². The first-order valence-electron chi connectivity index (χ1n) is 7.42. The minimum Gasteiger partial charge on any atom is -0.325 e. The van der Waals surface area contributed by atoms with Gasteiger partial charge in [-0.05, 0) is 23.8 Å². The lowest BCUT2D eigenvalue weighted by Crippen LogP contribution is -2.12. The van der Waals surface area contributed by atoms with Gasteiger partial charge < -0.3 is 4.57 Å². The molecule has 0 aliphatic carbocycles. The lowest BCUT2D eigenvalue weighted by molar-refractivity contribution is 0.597. The smallest absolute Gasteiger partial charge is 0.238 e. The highest BCUT2D eigenvalue weighted by Gasteiger charge is 2.10. The molecular formula is C16H17N5O2S. The molecule has 8 heteroatoms. The van der Waals surface area contributed by atoms with Crippen LogP contribution in [0.1, 0.15) is 18.3 Å². The second-order valence-corrected chi connectivity index (χ2v) is 6.84. The van der Waals surface area contributed by atoms with Crippen LogP contribution in [0.15, 0.2) is 53.8 Å². The SMILES string of the molecule is CCc1nccc(-c2nccn2Cc2ccc(S(N)(=O)=O)cc2)n1. The molecule has 7 nitrogen and oxygen atoms in total. The van der Waals surface area contributed by atoms with Crippen LogP contribution < -0.4 is 5.14 Å². The first-order chi connectivity index (χ1) is 11.5. The fourth-order valence-corrected chi connectivity index (χ4v) is 2.86. The molecule has 0 saturated carbocycles. The molecule has 0 amide bonds. The van der Waals surface area contributed by atoms with Crippen molar-refractivity contribution in [3.05, 3.63) is 60.3 Å². The number of nitrogens with two attached hydrogens (primary N) is 1. The van der Waals surface area contributed by atoms with Crippen LogP contribution in [0.25, 0.3) is 11.5 Å². The van der Waals surface area contributed by atoms with E-state index in [9.17, 15) is 8.42 Å². The van der Waals surface area contributed by atoms with E-state index in [2.05, 4.69) is 15.0 Å². The summed E-state index contributed by atoms with van der Waals surface area (Å²) in [6.45, 7) is 2.55. The Morgan fingerprint density at radius 2 is 1.83 bits per heavy atom. The maximum absolute atomic E-state index is 11.3. The van der Waals surface area contributed by atoms with Gasteiger partial charge in [-0.1, -0.05) is 19.1 Å². The maximum atomic E-state index is 11.3. The first kappa shape index (κ1) is 16.3. The van der Waals surface area contributed by atoms with E-state index in [1.165, 1.54) is 12.1 Å². The van der Waals surface area contributed by atoms with E-state index in [1.807, 2.05) is 23.8 Å². The third kappa shape index (κ3) is 3.50. The standard InChI is InChI=1S/C16H17N5O2S/c1-2-15-18-8-7-14(20-15)16-19-9-10-21(16)11-12-3-5-13(6-4-12)24(17,22)23/h3-10H,2,11H2,1H3,(H2,17,22,23). The topological polar surface area (TPSA) is 104 Å². The summed E-state index contributed by atoms with van der Waals surface area (Å²) < 4.78 is 24.6. The molecule has 24 heavy (non-hydrogen) atoms. The summed E-state index contributed by atoms with van der Waals surface area (Å²) in [6, 6.07) is 8.30. The van der Waals surface area contributed by atoms with E-state index >= 15 is 0 Å². The van der Waals surface area contributed by atoms with Gasteiger partial charge in [0.15, 0.2) is 5.82 Å². The van der Waals surface area contributed by atoms with Crippen LogP contribution in [0.5, 0.6) is 0 Å². The van der Waals surface area contributed by atoms with Gasteiger partial charge >= 0.3 is 0 Å². The van der Waals surface area contributed by atoms with E-state index in [0.29, 0.717) is 6.54 Å². The van der Waals surface area contributed by atoms with E-state index in [4.69, 9.17) is 5.14 Å². The fourth-order valence-electron chi connectivity index (χ4n) is 2.35. The van der Waals surface area contributed by atoms with E-state index in [-0.39, 0.29) is 4.90 Å². The van der Waals surface area contributed by atoms with Gasteiger partial charge in [0.1, 0.15) is 11.5 Å². The molecule has 2 N–H and O–H groups in total. The number of nitrogens with zero attached hydrogens (tertiary/aromatic N) is 4. The van der Waals surface area contributed by atoms with Gasteiger partial charge in [-0.15, -0.1) is 0 Å². The molecule has 0 bridgehead atoms. The Kier molecular flexibility index (Phi) is 4.41. The minimum atomic E-state index is -3.68. The zero-order valence-corrected chi connectivity index (χ0v) is 13.9. The Morgan fingerprint density at radius 3 is 2.50 bits per heavy atom. The van der Waals surface area contributed by atoms with Crippen molar-refractivity contribution in [3.8, 4) is 11.5 Å². The van der Waals surface area contributed by atoms with Crippen molar-refractivity contribution >= 4 is 10.0 Å². The number of primary sulfonamides is 1. The van der Waals surface area contributed by atoms with Crippen molar-refractivity contribution in [1.29, 1.82) is 0 Å². The van der Waals surface area contributed by atoms with E-state index in [0.717, 1.165) is 29.3 Å². The maximum Gasteiger partial charge on any atom is 0.238 e. The monoisotopic (exact) mass is 343 g/mol. The predicted octanol–water partition coefficient (Wildman–Crippen LogP) is 1.60. The number of aromatic nitrogens is 4. The predicted molar refractivity (Wildman–Crippen MR) is 89.5 cm³/mol. The summed E-state index contributed by atoms with van der Waals surface area (Å²) in [5.41, 5.74) is 1.69. The molecule has 124 valence electrons. The normalized spacial score (nSPS) is 11.6. The van der Waals surface area contributed by atoms with E-state index in [1.54, 1.807) is 24.5 Å². The fraction of sp³-hybridized carbons (Fsp3) is 0.188. The molecule has 1 aromatic carbocycles. The highest BCUT2D eigenvalue weighted by atomic mass is 32.2. The third-order valence-electron chi connectivity index (χ3n) is 3.57. The highest BCUT2D eigenvalue weighted by Crippen LogP contribution is 2.17. The Hall–Kier alpha value is -2.58. The molecule has 2 aromatic heterocycles. The molecule has 0 aliphatic rings. The van der Waals surface area contributed by atoms with Gasteiger partial charge in [0.05, 0.1) is 4.90 Å². The lowest BCUT2D eigenvalue weighted by Gasteiger charge is -2.09. The molecule has 0 fully saturated rings. The van der Waals surface area contributed by atoms with Crippen LogP contribution in [-0.4, -0.2) is 27.9 Å². The van der Waals surface area contributed by atoms with Crippen molar-refractivity contribution < 1.29 is 8.42 Å². The molecule has 0 atom stereocenters. The summed E-state index contributed by atoms with van der Waals surface area (Å²) in [4.78, 5) is 13.2. The molecule has 0 saturated heterocycles. The molecular weight excluding hydrogens is 326 g/mol. The summed E-state index contributed by atoms with van der Waals surface area (Å²) in [6.07, 6.45) is 6.04.